The molecule has 0 aliphatic heterocycles. The van der Waals surface area contributed by atoms with E-state index in [4.69, 9.17) is 0 Å². The van der Waals surface area contributed by atoms with E-state index in [2.05, 4.69) is 64.1 Å². The lowest BCUT2D eigenvalue weighted by atomic mass is 9.95. The fourth-order valence-corrected chi connectivity index (χ4v) is 2.64. The van der Waals surface area contributed by atoms with E-state index in [1.807, 2.05) is 0 Å². The van der Waals surface area contributed by atoms with E-state index in [9.17, 15) is 5.11 Å². The molecule has 2 aromatic carbocycles. The molecule has 0 amide bonds. The number of aliphatic hydroxyl groups is 1. The van der Waals surface area contributed by atoms with Crippen LogP contribution in [0.1, 0.15) is 39.5 Å². The summed E-state index contributed by atoms with van der Waals surface area (Å²) in [6.45, 7) is 8.31. The molecule has 0 saturated carbocycles. The Labute approximate surface area is 115 Å². The van der Waals surface area contributed by atoms with Crippen LogP contribution >= 0.6 is 0 Å². The van der Waals surface area contributed by atoms with Crippen LogP contribution in [0.15, 0.2) is 36.4 Å². The van der Waals surface area contributed by atoms with E-state index in [-0.39, 0.29) is 0 Å². The van der Waals surface area contributed by atoms with Gasteiger partial charge in [0.15, 0.2) is 0 Å². The maximum absolute atomic E-state index is 10.5. The standard InChI is InChI=1S/C18H22O/c1-12-5-6-15(4)17(10-12)18(19)11-16-8-13(2)7-14(3)9-16/h5-10,18-19H,11H2,1-4H3. The van der Waals surface area contributed by atoms with Gasteiger partial charge >= 0.3 is 0 Å². The molecule has 0 saturated heterocycles. The zero-order chi connectivity index (χ0) is 14.0. The molecule has 0 radical (unpaired) electrons. The van der Waals surface area contributed by atoms with Crippen LogP contribution in [0.5, 0.6) is 0 Å². The van der Waals surface area contributed by atoms with Crippen molar-refractivity contribution >= 4 is 0 Å². The van der Waals surface area contributed by atoms with Crippen molar-refractivity contribution < 1.29 is 5.11 Å². The first kappa shape index (κ1) is 13.8. The largest absolute Gasteiger partial charge is 0.388 e. The highest BCUT2D eigenvalue weighted by Gasteiger charge is 2.12. The average Bonchev–Trinajstić information content (AvgIpc) is 2.30. The Balaban J connectivity index is 2.25. The first-order valence-electron chi connectivity index (χ1n) is 6.78. The van der Waals surface area contributed by atoms with E-state index < -0.39 is 6.10 Å². The molecule has 0 aliphatic carbocycles. The first-order chi connectivity index (χ1) is 8.95. The van der Waals surface area contributed by atoms with Crippen LogP contribution in [0.3, 0.4) is 0 Å². The normalized spacial score (nSPS) is 12.5. The Morgan fingerprint density at radius 2 is 1.47 bits per heavy atom. The molecule has 1 atom stereocenters. The van der Waals surface area contributed by atoms with Gasteiger partial charge in [-0.3, -0.25) is 0 Å². The minimum atomic E-state index is -0.430. The van der Waals surface area contributed by atoms with Crippen molar-refractivity contribution in [2.45, 2.75) is 40.2 Å². The zero-order valence-electron chi connectivity index (χ0n) is 12.2. The van der Waals surface area contributed by atoms with Crippen LogP contribution in [0.4, 0.5) is 0 Å². The Morgan fingerprint density at radius 1 is 0.842 bits per heavy atom. The molecule has 0 spiro atoms. The van der Waals surface area contributed by atoms with E-state index >= 15 is 0 Å². The first-order valence-corrected chi connectivity index (χ1v) is 6.78. The Hall–Kier alpha value is -1.60. The number of hydrogen-bond donors (Lipinski definition) is 1. The summed E-state index contributed by atoms with van der Waals surface area (Å²) in [7, 11) is 0. The van der Waals surface area contributed by atoms with Crippen molar-refractivity contribution in [3.8, 4) is 0 Å². The third kappa shape index (κ3) is 3.45. The molecule has 2 rings (SSSR count). The quantitative estimate of drug-likeness (QED) is 0.870. The van der Waals surface area contributed by atoms with Gasteiger partial charge in [0.2, 0.25) is 0 Å². The summed E-state index contributed by atoms with van der Waals surface area (Å²) in [4.78, 5) is 0. The Kier molecular flexibility index (Phi) is 4.06. The van der Waals surface area contributed by atoms with Crippen LogP contribution < -0.4 is 0 Å². The van der Waals surface area contributed by atoms with Gasteiger partial charge in [0.1, 0.15) is 0 Å². The van der Waals surface area contributed by atoms with Crippen molar-refractivity contribution in [3.05, 3.63) is 69.8 Å². The zero-order valence-corrected chi connectivity index (χ0v) is 12.2. The van der Waals surface area contributed by atoms with Gasteiger partial charge in [-0.25, -0.2) is 0 Å². The highest BCUT2D eigenvalue weighted by Crippen LogP contribution is 2.23. The van der Waals surface area contributed by atoms with Crippen molar-refractivity contribution in [1.82, 2.24) is 0 Å². The fraction of sp³-hybridized carbons (Fsp3) is 0.333. The molecule has 19 heavy (non-hydrogen) atoms. The molecule has 1 N–H and O–H groups in total. The van der Waals surface area contributed by atoms with Crippen LogP contribution in [0, 0.1) is 27.7 Å². The summed E-state index contributed by atoms with van der Waals surface area (Å²) in [6.07, 6.45) is 0.244. The van der Waals surface area contributed by atoms with Crippen LogP contribution in [-0.2, 0) is 6.42 Å². The summed E-state index contributed by atoms with van der Waals surface area (Å²) >= 11 is 0. The van der Waals surface area contributed by atoms with Crippen molar-refractivity contribution in [3.63, 3.8) is 0 Å². The van der Waals surface area contributed by atoms with Gasteiger partial charge in [-0.05, 0) is 44.4 Å². The van der Waals surface area contributed by atoms with Gasteiger partial charge in [-0.1, -0.05) is 53.1 Å². The van der Waals surface area contributed by atoms with Crippen molar-refractivity contribution in [1.29, 1.82) is 0 Å². The van der Waals surface area contributed by atoms with Gasteiger partial charge in [-0.2, -0.15) is 0 Å². The lowest BCUT2D eigenvalue weighted by molar-refractivity contribution is 0.177. The summed E-state index contributed by atoms with van der Waals surface area (Å²) in [5, 5.41) is 10.5. The number of benzene rings is 2. The van der Waals surface area contributed by atoms with E-state index in [0.29, 0.717) is 6.42 Å². The van der Waals surface area contributed by atoms with Gasteiger partial charge in [-0.15, -0.1) is 0 Å². The number of aryl methyl sites for hydroxylation is 4. The highest BCUT2D eigenvalue weighted by molar-refractivity contribution is 5.34. The number of hydrogen-bond acceptors (Lipinski definition) is 1. The average molecular weight is 254 g/mol. The van der Waals surface area contributed by atoms with Crippen LogP contribution in [-0.4, -0.2) is 5.11 Å². The predicted octanol–water partition coefficient (Wildman–Crippen LogP) is 4.20. The summed E-state index contributed by atoms with van der Waals surface area (Å²) in [5.41, 5.74) is 7.10. The second-order valence-electron chi connectivity index (χ2n) is 5.58. The fourth-order valence-electron chi connectivity index (χ4n) is 2.64. The summed E-state index contributed by atoms with van der Waals surface area (Å²) < 4.78 is 0. The third-order valence-corrected chi connectivity index (χ3v) is 3.50. The molecular weight excluding hydrogens is 232 g/mol. The smallest absolute Gasteiger partial charge is 0.0833 e. The Bertz CT molecular complexity index is 564. The van der Waals surface area contributed by atoms with E-state index in [1.165, 1.54) is 22.3 Å². The van der Waals surface area contributed by atoms with Crippen LogP contribution in [0.2, 0.25) is 0 Å². The summed E-state index contributed by atoms with van der Waals surface area (Å²) in [6, 6.07) is 12.7. The van der Waals surface area contributed by atoms with E-state index in [1.54, 1.807) is 0 Å². The van der Waals surface area contributed by atoms with E-state index in [0.717, 1.165) is 11.1 Å². The SMILES string of the molecule is Cc1cc(C)cc(CC(O)c2cc(C)ccc2C)c1. The third-order valence-electron chi connectivity index (χ3n) is 3.50. The lowest BCUT2D eigenvalue weighted by Gasteiger charge is -2.15. The molecule has 100 valence electrons. The molecule has 1 heteroatoms. The molecule has 0 bridgehead atoms. The second kappa shape index (κ2) is 5.58. The number of aliphatic hydroxyl groups excluding tert-OH is 1. The molecule has 1 nitrogen and oxygen atoms in total. The van der Waals surface area contributed by atoms with Gasteiger partial charge in [0, 0.05) is 6.42 Å². The lowest BCUT2D eigenvalue weighted by Crippen LogP contribution is -2.04. The molecule has 0 aliphatic rings. The van der Waals surface area contributed by atoms with Crippen molar-refractivity contribution in [2.75, 3.05) is 0 Å². The monoisotopic (exact) mass is 254 g/mol. The molecule has 0 fully saturated rings. The van der Waals surface area contributed by atoms with Gasteiger partial charge < -0.3 is 5.11 Å². The maximum atomic E-state index is 10.5. The summed E-state index contributed by atoms with van der Waals surface area (Å²) in [5.74, 6) is 0. The number of rotatable bonds is 3. The highest BCUT2D eigenvalue weighted by atomic mass is 16.3. The minimum Gasteiger partial charge on any atom is -0.388 e. The molecular formula is C18H22O. The second-order valence-corrected chi connectivity index (χ2v) is 5.58. The van der Waals surface area contributed by atoms with Gasteiger partial charge in [0.25, 0.3) is 0 Å². The molecule has 1 unspecified atom stereocenters. The molecule has 2 aromatic rings. The van der Waals surface area contributed by atoms with Crippen LogP contribution in [0.25, 0.3) is 0 Å². The minimum absolute atomic E-state index is 0.430. The maximum Gasteiger partial charge on any atom is 0.0833 e. The van der Waals surface area contributed by atoms with Gasteiger partial charge in [0.05, 0.1) is 6.10 Å². The predicted molar refractivity (Wildman–Crippen MR) is 80.5 cm³/mol. The van der Waals surface area contributed by atoms with Crippen molar-refractivity contribution in [2.24, 2.45) is 0 Å². The molecule has 0 aromatic heterocycles. The topological polar surface area (TPSA) is 20.2 Å². The Morgan fingerprint density at radius 3 is 2.11 bits per heavy atom. The molecule has 0 heterocycles.